The number of benzene rings is 2. The van der Waals surface area contributed by atoms with Crippen LogP contribution in [0.25, 0.3) is 0 Å². The summed E-state index contributed by atoms with van der Waals surface area (Å²) in [6.07, 6.45) is 0. The number of hydrogen-bond donors (Lipinski definition) is 0. The van der Waals surface area contributed by atoms with Crippen LogP contribution in [0.5, 0.6) is 11.5 Å². The third-order valence-corrected chi connectivity index (χ3v) is 4.99. The molecule has 0 atom stereocenters. The smallest absolute Gasteiger partial charge is 0.171 e. The second-order valence-corrected chi connectivity index (χ2v) is 6.73. The summed E-state index contributed by atoms with van der Waals surface area (Å²) >= 11 is 5.74. The highest BCUT2D eigenvalue weighted by Gasteiger charge is 2.22. The highest BCUT2D eigenvalue weighted by Crippen LogP contribution is 2.33. The van der Waals surface area contributed by atoms with Gasteiger partial charge < -0.3 is 19.3 Å². The molecule has 0 saturated carbocycles. The van der Waals surface area contributed by atoms with Gasteiger partial charge >= 0.3 is 0 Å². The van der Waals surface area contributed by atoms with Gasteiger partial charge in [0.1, 0.15) is 17.4 Å². The van der Waals surface area contributed by atoms with Gasteiger partial charge in [-0.1, -0.05) is 30.4 Å². The van der Waals surface area contributed by atoms with Gasteiger partial charge in [0.2, 0.25) is 0 Å². The zero-order valence-corrected chi connectivity index (χ0v) is 15.9. The van der Waals surface area contributed by atoms with E-state index in [1.54, 1.807) is 19.2 Å². The number of methoxy groups -OCH3 is 1. The second kappa shape index (κ2) is 8.47. The lowest BCUT2D eigenvalue weighted by molar-refractivity contribution is 0.217. The minimum atomic E-state index is -0.261. The van der Waals surface area contributed by atoms with Crippen molar-refractivity contribution in [2.24, 2.45) is 0 Å². The second-order valence-electron chi connectivity index (χ2n) is 6.35. The van der Waals surface area contributed by atoms with Crippen LogP contribution in [0.1, 0.15) is 11.1 Å². The number of piperazine rings is 1. The van der Waals surface area contributed by atoms with Crippen LogP contribution in [0.2, 0.25) is 0 Å². The summed E-state index contributed by atoms with van der Waals surface area (Å²) in [5.74, 6) is 1.01. The molecule has 2 aromatic rings. The summed E-state index contributed by atoms with van der Waals surface area (Å²) in [6, 6.07) is 12.0. The largest absolute Gasteiger partial charge is 0.493 e. The summed E-state index contributed by atoms with van der Waals surface area (Å²) < 4.78 is 24.6. The number of likely N-dealkylation sites (N-methyl/N-ethyl adjacent to an activating group) is 1. The van der Waals surface area contributed by atoms with Crippen LogP contribution in [0.3, 0.4) is 0 Å². The van der Waals surface area contributed by atoms with Crippen molar-refractivity contribution in [3.05, 3.63) is 59.4 Å². The Morgan fingerprint density at radius 1 is 1.08 bits per heavy atom. The van der Waals surface area contributed by atoms with E-state index >= 15 is 0 Å². The number of hydrogen-bond acceptors (Lipinski definition) is 4. The summed E-state index contributed by atoms with van der Waals surface area (Å²) in [5.41, 5.74) is 1.74. The minimum Gasteiger partial charge on any atom is -0.493 e. The van der Waals surface area contributed by atoms with E-state index in [2.05, 4.69) is 16.8 Å². The first kappa shape index (κ1) is 18.6. The maximum atomic E-state index is 13.1. The van der Waals surface area contributed by atoms with E-state index in [4.69, 9.17) is 21.7 Å². The standard InChI is InChI=1S/C20H23FN2O2S/c1-22-10-12-23(13-11-22)20(26)17-4-3-5-18(24-2)19(17)25-14-15-6-8-16(21)9-7-15/h3-9H,10-14H2,1-2H3. The van der Waals surface area contributed by atoms with Crippen LogP contribution in [0.4, 0.5) is 4.39 Å². The molecule has 2 aromatic carbocycles. The number of ether oxygens (including phenoxy) is 2. The zero-order valence-electron chi connectivity index (χ0n) is 15.1. The fourth-order valence-corrected chi connectivity index (χ4v) is 3.25. The molecule has 6 heteroatoms. The van der Waals surface area contributed by atoms with Crippen molar-refractivity contribution in [2.45, 2.75) is 6.61 Å². The van der Waals surface area contributed by atoms with Crippen molar-refractivity contribution in [1.82, 2.24) is 9.80 Å². The Kier molecular flexibility index (Phi) is 6.06. The third-order valence-electron chi connectivity index (χ3n) is 4.52. The number of thiocarbonyl (C=S) groups is 1. The molecular weight excluding hydrogens is 351 g/mol. The molecule has 4 nitrogen and oxygen atoms in total. The molecule has 1 heterocycles. The van der Waals surface area contributed by atoms with Gasteiger partial charge in [-0.3, -0.25) is 0 Å². The van der Waals surface area contributed by atoms with Crippen molar-refractivity contribution in [3.8, 4) is 11.5 Å². The van der Waals surface area contributed by atoms with E-state index in [1.807, 2.05) is 18.2 Å². The Balaban J connectivity index is 1.81. The van der Waals surface area contributed by atoms with Gasteiger partial charge in [-0.25, -0.2) is 4.39 Å². The van der Waals surface area contributed by atoms with Gasteiger partial charge in [0.25, 0.3) is 0 Å². The Morgan fingerprint density at radius 3 is 2.42 bits per heavy atom. The predicted molar refractivity (Wildman–Crippen MR) is 104 cm³/mol. The van der Waals surface area contributed by atoms with Crippen molar-refractivity contribution in [2.75, 3.05) is 40.3 Å². The molecule has 26 heavy (non-hydrogen) atoms. The quantitative estimate of drug-likeness (QED) is 0.748. The molecule has 0 aromatic heterocycles. The lowest BCUT2D eigenvalue weighted by Crippen LogP contribution is -2.46. The monoisotopic (exact) mass is 374 g/mol. The van der Waals surface area contributed by atoms with Crippen molar-refractivity contribution in [3.63, 3.8) is 0 Å². The topological polar surface area (TPSA) is 24.9 Å². The van der Waals surface area contributed by atoms with E-state index in [0.29, 0.717) is 18.1 Å². The van der Waals surface area contributed by atoms with Crippen molar-refractivity contribution >= 4 is 17.2 Å². The number of nitrogens with zero attached hydrogens (tertiary/aromatic N) is 2. The van der Waals surface area contributed by atoms with Gasteiger partial charge in [0, 0.05) is 26.2 Å². The fraction of sp³-hybridized carbons (Fsp3) is 0.350. The summed E-state index contributed by atoms with van der Waals surface area (Å²) in [6.45, 7) is 4.07. The first-order chi connectivity index (χ1) is 12.6. The Bertz CT molecular complexity index is 759. The minimum absolute atomic E-state index is 0.261. The molecule has 1 aliphatic rings. The van der Waals surface area contributed by atoms with Crippen LogP contribution in [-0.2, 0) is 6.61 Å². The van der Waals surface area contributed by atoms with E-state index in [-0.39, 0.29) is 5.82 Å². The molecule has 138 valence electrons. The van der Waals surface area contributed by atoms with Crippen molar-refractivity contribution < 1.29 is 13.9 Å². The number of halogens is 1. The molecule has 0 N–H and O–H groups in total. The molecule has 0 aliphatic carbocycles. The van der Waals surface area contributed by atoms with E-state index in [1.165, 1.54) is 12.1 Å². The SMILES string of the molecule is COc1cccc(C(=S)N2CCN(C)CC2)c1OCc1ccc(F)cc1. The van der Waals surface area contributed by atoms with Gasteiger partial charge in [0.15, 0.2) is 11.5 Å². The lowest BCUT2D eigenvalue weighted by atomic mass is 10.1. The maximum Gasteiger partial charge on any atom is 0.171 e. The lowest BCUT2D eigenvalue weighted by Gasteiger charge is -2.34. The Labute approximate surface area is 159 Å². The molecule has 0 amide bonds. The molecule has 1 fully saturated rings. The summed E-state index contributed by atoms with van der Waals surface area (Å²) in [7, 11) is 3.73. The number of rotatable bonds is 5. The van der Waals surface area contributed by atoms with Crippen LogP contribution >= 0.6 is 12.2 Å². The highest BCUT2D eigenvalue weighted by atomic mass is 32.1. The van der Waals surface area contributed by atoms with Gasteiger partial charge in [-0.05, 0) is 36.9 Å². The average Bonchev–Trinajstić information content (AvgIpc) is 2.67. The van der Waals surface area contributed by atoms with E-state index in [0.717, 1.165) is 42.3 Å². The van der Waals surface area contributed by atoms with Gasteiger partial charge in [0.05, 0.1) is 12.7 Å². The van der Waals surface area contributed by atoms with Gasteiger partial charge in [-0.15, -0.1) is 0 Å². The number of para-hydroxylation sites is 1. The third kappa shape index (κ3) is 4.31. The summed E-state index contributed by atoms with van der Waals surface area (Å²) in [4.78, 5) is 5.26. The van der Waals surface area contributed by atoms with E-state index < -0.39 is 0 Å². The first-order valence-corrected chi connectivity index (χ1v) is 9.01. The van der Waals surface area contributed by atoms with Crippen LogP contribution < -0.4 is 9.47 Å². The molecule has 0 radical (unpaired) electrons. The molecule has 0 spiro atoms. The Hall–Kier alpha value is -2.18. The van der Waals surface area contributed by atoms with Crippen LogP contribution in [0.15, 0.2) is 42.5 Å². The van der Waals surface area contributed by atoms with Gasteiger partial charge in [-0.2, -0.15) is 0 Å². The summed E-state index contributed by atoms with van der Waals surface area (Å²) in [5, 5.41) is 0. The molecular formula is C20H23FN2O2S. The van der Waals surface area contributed by atoms with Crippen LogP contribution in [-0.4, -0.2) is 55.1 Å². The molecule has 1 saturated heterocycles. The Morgan fingerprint density at radius 2 is 1.77 bits per heavy atom. The molecule has 1 aliphatic heterocycles. The highest BCUT2D eigenvalue weighted by molar-refractivity contribution is 7.80. The van der Waals surface area contributed by atoms with E-state index in [9.17, 15) is 4.39 Å². The molecule has 0 bridgehead atoms. The van der Waals surface area contributed by atoms with Crippen molar-refractivity contribution in [1.29, 1.82) is 0 Å². The predicted octanol–water partition coefficient (Wildman–Crippen LogP) is 3.34. The normalized spacial score (nSPS) is 15.0. The molecule has 3 rings (SSSR count). The zero-order chi connectivity index (χ0) is 18.5. The first-order valence-electron chi connectivity index (χ1n) is 8.60. The average molecular weight is 374 g/mol. The fourth-order valence-electron chi connectivity index (χ4n) is 2.91. The van der Waals surface area contributed by atoms with Crippen LogP contribution in [0, 0.1) is 5.82 Å². The maximum absolute atomic E-state index is 13.1. The molecule has 0 unspecified atom stereocenters.